The van der Waals surface area contributed by atoms with Crippen LogP contribution in [0.5, 0.6) is 28.7 Å². The molecule has 0 spiro atoms. The minimum absolute atomic E-state index is 0.00572. The van der Waals surface area contributed by atoms with Crippen molar-refractivity contribution >= 4 is 8.32 Å². The smallest absolute Gasteiger partial charge is 0.203 e. The van der Waals surface area contributed by atoms with Crippen molar-refractivity contribution in [1.29, 1.82) is 0 Å². The SMILES string of the molecule is COc1cc(C)ccc1O[C@@H](CO[Si](C)(C)C(C)(C)C)[C@@H](O)c1cc(OC)c(OCc2ccccc2)c(OC)c1. The molecular weight excluding hydrogens is 524 g/mol. The van der Waals surface area contributed by atoms with Gasteiger partial charge in [-0.15, -0.1) is 0 Å². The zero-order valence-corrected chi connectivity index (χ0v) is 26.2. The molecule has 0 bridgehead atoms. The molecule has 0 saturated carbocycles. The van der Waals surface area contributed by atoms with E-state index >= 15 is 0 Å². The Morgan fingerprint density at radius 3 is 1.95 bits per heavy atom. The highest BCUT2D eigenvalue weighted by Crippen LogP contribution is 2.42. The van der Waals surface area contributed by atoms with Gasteiger partial charge >= 0.3 is 0 Å². The normalized spacial score (nSPS) is 13.3. The number of hydrogen-bond donors (Lipinski definition) is 1. The molecule has 0 saturated heterocycles. The summed E-state index contributed by atoms with van der Waals surface area (Å²) in [5.41, 5.74) is 2.61. The second kappa shape index (κ2) is 13.4. The van der Waals surface area contributed by atoms with Crippen LogP contribution in [0.3, 0.4) is 0 Å². The van der Waals surface area contributed by atoms with Gasteiger partial charge < -0.3 is 33.2 Å². The lowest BCUT2D eigenvalue weighted by Gasteiger charge is -2.38. The summed E-state index contributed by atoms with van der Waals surface area (Å²) in [6.07, 6.45) is -1.81. The molecule has 8 heteroatoms. The highest BCUT2D eigenvalue weighted by atomic mass is 28.4. The van der Waals surface area contributed by atoms with Crippen LogP contribution in [0.2, 0.25) is 18.1 Å². The van der Waals surface area contributed by atoms with Crippen LogP contribution in [0.25, 0.3) is 0 Å². The molecule has 0 amide bonds. The summed E-state index contributed by atoms with van der Waals surface area (Å²) in [6, 6.07) is 19.1. The molecule has 0 aromatic heterocycles. The highest BCUT2D eigenvalue weighted by Gasteiger charge is 2.39. The van der Waals surface area contributed by atoms with E-state index in [2.05, 4.69) is 33.9 Å². The molecule has 0 unspecified atom stereocenters. The summed E-state index contributed by atoms with van der Waals surface area (Å²) in [7, 11) is 2.58. The van der Waals surface area contributed by atoms with Crippen LogP contribution < -0.4 is 23.7 Å². The number of aliphatic hydroxyl groups excluding tert-OH is 1. The van der Waals surface area contributed by atoms with E-state index in [0.29, 0.717) is 40.9 Å². The Morgan fingerprint density at radius 1 is 0.800 bits per heavy atom. The van der Waals surface area contributed by atoms with Crippen molar-refractivity contribution in [3.63, 3.8) is 0 Å². The molecule has 3 aromatic carbocycles. The molecule has 0 radical (unpaired) electrons. The van der Waals surface area contributed by atoms with Crippen LogP contribution >= 0.6 is 0 Å². The maximum absolute atomic E-state index is 11.7. The Labute approximate surface area is 240 Å². The minimum Gasteiger partial charge on any atom is -0.493 e. The van der Waals surface area contributed by atoms with Gasteiger partial charge in [-0.1, -0.05) is 57.2 Å². The van der Waals surface area contributed by atoms with Gasteiger partial charge in [0.1, 0.15) is 12.7 Å². The van der Waals surface area contributed by atoms with Crippen LogP contribution in [-0.2, 0) is 11.0 Å². The van der Waals surface area contributed by atoms with Gasteiger partial charge in [0.15, 0.2) is 37.4 Å². The predicted octanol–water partition coefficient (Wildman–Crippen LogP) is 7.10. The van der Waals surface area contributed by atoms with Gasteiger partial charge in [0.2, 0.25) is 5.75 Å². The summed E-state index contributed by atoms with van der Waals surface area (Å²) in [4.78, 5) is 0. The summed E-state index contributed by atoms with van der Waals surface area (Å²) < 4.78 is 35.9. The summed E-state index contributed by atoms with van der Waals surface area (Å²) in [5.74, 6) is 2.46. The topological polar surface area (TPSA) is 75.6 Å². The maximum Gasteiger partial charge on any atom is 0.203 e. The molecule has 1 N–H and O–H groups in total. The number of hydrogen-bond acceptors (Lipinski definition) is 7. The first-order valence-electron chi connectivity index (χ1n) is 13.5. The van der Waals surface area contributed by atoms with Gasteiger partial charge in [-0.3, -0.25) is 0 Å². The van der Waals surface area contributed by atoms with Gasteiger partial charge in [-0.05, 0) is 66.0 Å². The summed E-state index contributed by atoms with van der Waals surface area (Å²) in [6.45, 7) is 13.4. The molecule has 2 atom stereocenters. The Balaban J connectivity index is 1.96. The van der Waals surface area contributed by atoms with Crippen LogP contribution in [0, 0.1) is 6.92 Å². The number of methoxy groups -OCH3 is 3. The van der Waals surface area contributed by atoms with Crippen molar-refractivity contribution in [3.05, 3.63) is 77.4 Å². The van der Waals surface area contributed by atoms with Gasteiger partial charge in [0, 0.05) is 0 Å². The van der Waals surface area contributed by atoms with Gasteiger partial charge in [-0.25, -0.2) is 0 Å². The standard InChI is InChI=1S/C32H44O7Si/c1-22-15-16-25(26(17-22)34-5)39-29(21-38-40(8,9)32(2,3)4)30(33)24-18-27(35-6)31(28(19-24)36-7)37-20-23-13-11-10-12-14-23/h10-19,29-30,33H,20-21H2,1-9H3/t29-,30-/m0/s1. The molecule has 0 heterocycles. The second-order valence-corrected chi connectivity index (χ2v) is 16.2. The van der Waals surface area contributed by atoms with Gasteiger partial charge in [-0.2, -0.15) is 0 Å². The second-order valence-electron chi connectivity index (χ2n) is 11.4. The maximum atomic E-state index is 11.7. The number of benzene rings is 3. The van der Waals surface area contributed by atoms with E-state index < -0.39 is 20.5 Å². The molecule has 218 valence electrons. The van der Waals surface area contributed by atoms with Crippen molar-refractivity contribution in [2.75, 3.05) is 27.9 Å². The fourth-order valence-electron chi connectivity index (χ4n) is 3.89. The van der Waals surface area contributed by atoms with Gasteiger partial charge in [0.05, 0.1) is 27.9 Å². The number of aliphatic hydroxyl groups is 1. The quantitative estimate of drug-likeness (QED) is 0.220. The Morgan fingerprint density at radius 2 is 1.40 bits per heavy atom. The van der Waals surface area contributed by atoms with Crippen molar-refractivity contribution in [2.45, 2.75) is 64.6 Å². The molecule has 0 aliphatic rings. The lowest BCUT2D eigenvalue weighted by atomic mass is 10.0. The van der Waals surface area contributed by atoms with Crippen LogP contribution in [-0.4, -0.2) is 47.5 Å². The summed E-state index contributed by atoms with van der Waals surface area (Å²) in [5, 5.41) is 11.7. The van der Waals surface area contributed by atoms with E-state index in [0.717, 1.165) is 11.1 Å². The zero-order chi connectivity index (χ0) is 29.5. The first-order chi connectivity index (χ1) is 18.9. The number of rotatable bonds is 13. The molecule has 40 heavy (non-hydrogen) atoms. The first-order valence-corrected chi connectivity index (χ1v) is 16.4. The molecular formula is C32H44O7Si. The largest absolute Gasteiger partial charge is 0.493 e. The number of aryl methyl sites for hydroxylation is 1. The van der Waals surface area contributed by atoms with Crippen LogP contribution in [0.4, 0.5) is 0 Å². The lowest BCUT2D eigenvalue weighted by Crippen LogP contribution is -2.44. The molecule has 7 nitrogen and oxygen atoms in total. The van der Waals surface area contributed by atoms with Crippen LogP contribution in [0.1, 0.15) is 43.6 Å². The molecule has 3 aromatic rings. The number of ether oxygens (including phenoxy) is 5. The average molecular weight is 569 g/mol. The average Bonchev–Trinajstić information content (AvgIpc) is 2.93. The fourth-order valence-corrected chi connectivity index (χ4v) is 4.90. The molecule has 0 fully saturated rings. The fraction of sp³-hybridized carbons (Fsp3) is 0.438. The van der Waals surface area contributed by atoms with Gasteiger partial charge in [0.25, 0.3) is 0 Å². The van der Waals surface area contributed by atoms with E-state index in [1.807, 2.05) is 55.5 Å². The Kier molecular flexibility index (Phi) is 10.5. The lowest BCUT2D eigenvalue weighted by molar-refractivity contribution is 0.00248. The molecule has 0 aliphatic heterocycles. The van der Waals surface area contributed by atoms with Crippen molar-refractivity contribution in [3.8, 4) is 28.7 Å². The molecule has 3 rings (SSSR count). The van der Waals surface area contributed by atoms with E-state index in [1.165, 1.54) is 0 Å². The van der Waals surface area contributed by atoms with Crippen molar-refractivity contribution < 1.29 is 33.2 Å². The third-order valence-corrected chi connectivity index (χ3v) is 11.9. The van der Waals surface area contributed by atoms with E-state index in [-0.39, 0.29) is 11.6 Å². The Hall–Kier alpha value is -3.20. The Bertz CT molecular complexity index is 1210. The highest BCUT2D eigenvalue weighted by molar-refractivity contribution is 6.74. The zero-order valence-electron chi connectivity index (χ0n) is 25.2. The monoisotopic (exact) mass is 568 g/mol. The van der Waals surface area contributed by atoms with Crippen molar-refractivity contribution in [1.82, 2.24) is 0 Å². The van der Waals surface area contributed by atoms with Crippen molar-refractivity contribution in [2.24, 2.45) is 0 Å². The summed E-state index contributed by atoms with van der Waals surface area (Å²) >= 11 is 0. The minimum atomic E-state index is -2.14. The third kappa shape index (κ3) is 7.71. The third-order valence-electron chi connectivity index (χ3n) is 7.41. The molecule has 0 aliphatic carbocycles. The first kappa shape index (κ1) is 31.3. The predicted molar refractivity (Wildman–Crippen MR) is 161 cm³/mol. The van der Waals surface area contributed by atoms with E-state index in [9.17, 15) is 5.11 Å². The van der Waals surface area contributed by atoms with E-state index in [4.69, 9.17) is 28.1 Å². The van der Waals surface area contributed by atoms with E-state index in [1.54, 1.807) is 33.5 Å². The van der Waals surface area contributed by atoms with Crippen LogP contribution in [0.15, 0.2) is 60.7 Å².